The normalized spacial score (nSPS) is 25.9. The van der Waals surface area contributed by atoms with Crippen LogP contribution in [0.5, 0.6) is 0 Å². The predicted molar refractivity (Wildman–Crippen MR) is 101 cm³/mol. The van der Waals surface area contributed by atoms with Gasteiger partial charge in [0.2, 0.25) is 0 Å². The third kappa shape index (κ3) is 3.11. The van der Waals surface area contributed by atoms with E-state index in [-0.39, 0.29) is 12.1 Å². The molecule has 2 aliphatic rings. The van der Waals surface area contributed by atoms with Crippen LogP contribution in [0, 0.1) is 17.8 Å². The number of hydrogen-bond donors (Lipinski definition) is 1. The van der Waals surface area contributed by atoms with Crippen molar-refractivity contribution in [3.8, 4) is 0 Å². The highest BCUT2D eigenvalue weighted by molar-refractivity contribution is 5.86. The second-order valence-electron chi connectivity index (χ2n) is 7.90. The van der Waals surface area contributed by atoms with Crippen LogP contribution in [0.2, 0.25) is 0 Å². The molecule has 0 bridgehead atoms. The number of benzene rings is 2. The summed E-state index contributed by atoms with van der Waals surface area (Å²) in [4.78, 5) is 16.9. The molecule has 1 saturated carbocycles. The Kier molecular flexibility index (Phi) is 4.16. The number of nitrogens with one attached hydrogen (secondary N) is 1. The Balaban J connectivity index is 1.39. The van der Waals surface area contributed by atoms with Gasteiger partial charge in [-0.05, 0) is 55.1 Å². The first-order valence-electron chi connectivity index (χ1n) is 9.22. The molecule has 2 aromatic carbocycles. The Morgan fingerprint density at radius 2 is 1.84 bits per heavy atom. The van der Waals surface area contributed by atoms with E-state index in [9.17, 15) is 4.79 Å². The molecule has 1 heterocycles. The molecule has 0 spiro atoms. The van der Waals surface area contributed by atoms with Crippen LogP contribution in [0.3, 0.4) is 0 Å². The fourth-order valence-electron chi connectivity index (χ4n) is 4.49. The molecule has 0 radical (unpaired) electrons. The standard InChI is InChI=1S/C21H27N3O/c1-14(16-10-6-8-15-7-4-5-9-17(15)16)22-21(25)24-12-19-18(11-23(2)3)20(19)13-24/h4-10,14,18-20H,11-13H2,1-3H3,(H,22,25)/t14-,18?,19-,20+/m0/s1. The average molecular weight is 337 g/mol. The van der Waals surface area contributed by atoms with Gasteiger partial charge in [0.1, 0.15) is 0 Å². The molecule has 132 valence electrons. The topological polar surface area (TPSA) is 35.6 Å². The molecule has 2 aromatic rings. The van der Waals surface area contributed by atoms with Crippen molar-refractivity contribution >= 4 is 16.8 Å². The molecular formula is C21H27N3O. The minimum Gasteiger partial charge on any atom is -0.331 e. The monoisotopic (exact) mass is 337 g/mol. The number of nitrogens with zero attached hydrogens (tertiary/aromatic N) is 2. The molecule has 25 heavy (non-hydrogen) atoms. The molecule has 1 aliphatic heterocycles. The summed E-state index contributed by atoms with van der Waals surface area (Å²) in [5, 5.41) is 5.64. The lowest BCUT2D eigenvalue weighted by atomic mass is 10.00. The number of urea groups is 1. The van der Waals surface area contributed by atoms with Crippen LogP contribution in [0.15, 0.2) is 42.5 Å². The maximum absolute atomic E-state index is 12.7. The number of carbonyl (C=O) groups is 1. The molecule has 1 unspecified atom stereocenters. The molecule has 2 amide bonds. The number of rotatable bonds is 4. The summed E-state index contributed by atoms with van der Waals surface area (Å²) in [5.74, 6) is 2.21. The fraction of sp³-hybridized carbons (Fsp3) is 0.476. The minimum atomic E-state index is 0.00750. The van der Waals surface area contributed by atoms with Crippen molar-refractivity contribution in [2.75, 3.05) is 33.7 Å². The molecule has 1 aliphatic carbocycles. The first kappa shape index (κ1) is 16.4. The van der Waals surface area contributed by atoms with Gasteiger partial charge in [-0.1, -0.05) is 42.5 Å². The average Bonchev–Trinajstić information content (AvgIpc) is 3.04. The summed E-state index contributed by atoms with van der Waals surface area (Å²) in [6, 6.07) is 14.7. The van der Waals surface area contributed by atoms with Crippen LogP contribution in [0.4, 0.5) is 4.79 Å². The SMILES string of the molecule is C[C@H](NC(=O)N1C[C@@H]2C(CN(C)C)[C@@H]2C1)c1cccc2ccccc12. The zero-order valence-electron chi connectivity index (χ0n) is 15.3. The molecule has 1 N–H and O–H groups in total. The third-order valence-corrected chi connectivity index (χ3v) is 5.86. The van der Waals surface area contributed by atoms with E-state index in [0.717, 1.165) is 25.6 Å². The van der Waals surface area contributed by atoms with Gasteiger partial charge in [0, 0.05) is 19.6 Å². The first-order chi connectivity index (χ1) is 12.0. The summed E-state index contributed by atoms with van der Waals surface area (Å²) in [6.45, 7) is 5.05. The van der Waals surface area contributed by atoms with Crippen molar-refractivity contribution in [2.24, 2.45) is 17.8 Å². The summed E-state index contributed by atoms with van der Waals surface area (Å²) in [5.41, 5.74) is 1.18. The second kappa shape index (κ2) is 6.34. The van der Waals surface area contributed by atoms with Gasteiger partial charge in [-0.15, -0.1) is 0 Å². The fourth-order valence-corrected chi connectivity index (χ4v) is 4.49. The molecule has 4 rings (SSSR count). The number of hydrogen-bond acceptors (Lipinski definition) is 2. The van der Waals surface area contributed by atoms with Crippen molar-refractivity contribution in [1.82, 2.24) is 15.1 Å². The van der Waals surface area contributed by atoms with Crippen LogP contribution in [0.1, 0.15) is 18.5 Å². The van der Waals surface area contributed by atoms with E-state index in [2.05, 4.69) is 73.7 Å². The Labute approximate surface area is 149 Å². The van der Waals surface area contributed by atoms with Crippen molar-refractivity contribution in [3.63, 3.8) is 0 Å². The van der Waals surface area contributed by atoms with Gasteiger partial charge in [0.25, 0.3) is 0 Å². The molecule has 2 fully saturated rings. The van der Waals surface area contributed by atoms with E-state index in [4.69, 9.17) is 0 Å². The molecule has 4 atom stereocenters. The van der Waals surface area contributed by atoms with E-state index in [0.29, 0.717) is 11.8 Å². The lowest BCUT2D eigenvalue weighted by Gasteiger charge is -2.24. The van der Waals surface area contributed by atoms with Gasteiger partial charge in [-0.25, -0.2) is 4.79 Å². The number of likely N-dealkylation sites (tertiary alicyclic amines) is 1. The summed E-state index contributed by atoms with van der Waals surface area (Å²) < 4.78 is 0. The highest BCUT2D eigenvalue weighted by Crippen LogP contribution is 2.51. The van der Waals surface area contributed by atoms with E-state index in [1.54, 1.807) is 0 Å². The quantitative estimate of drug-likeness (QED) is 0.929. The Hall–Kier alpha value is -2.07. The molecule has 4 heteroatoms. The highest BCUT2D eigenvalue weighted by atomic mass is 16.2. The summed E-state index contributed by atoms with van der Waals surface area (Å²) in [6.07, 6.45) is 0. The number of amides is 2. The Bertz CT molecular complexity index is 770. The smallest absolute Gasteiger partial charge is 0.317 e. The lowest BCUT2D eigenvalue weighted by molar-refractivity contribution is 0.195. The van der Waals surface area contributed by atoms with Gasteiger partial charge < -0.3 is 15.1 Å². The first-order valence-corrected chi connectivity index (χ1v) is 9.22. The van der Waals surface area contributed by atoms with Gasteiger partial charge in [-0.3, -0.25) is 0 Å². The molecule has 1 saturated heterocycles. The van der Waals surface area contributed by atoms with Crippen molar-refractivity contribution < 1.29 is 4.79 Å². The zero-order valence-corrected chi connectivity index (χ0v) is 15.3. The lowest BCUT2D eigenvalue weighted by Crippen LogP contribution is -2.41. The van der Waals surface area contributed by atoms with Crippen LogP contribution in [-0.4, -0.2) is 49.6 Å². The van der Waals surface area contributed by atoms with Crippen molar-refractivity contribution in [1.29, 1.82) is 0 Å². The van der Waals surface area contributed by atoms with E-state index < -0.39 is 0 Å². The van der Waals surface area contributed by atoms with Crippen molar-refractivity contribution in [2.45, 2.75) is 13.0 Å². The summed E-state index contributed by atoms with van der Waals surface area (Å²) in [7, 11) is 4.26. The van der Waals surface area contributed by atoms with Crippen LogP contribution in [0.25, 0.3) is 10.8 Å². The van der Waals surface area contributed by atoms with E-state index >= 15 is 0 Å². The Morgan fingerprint density at radius 3 is 2.56 bits per heavy atom. The third-order valence-electron chi connectivity index (χ3n) is 5.86. The van der Waals surface area contributed by atoms with Crippen LogP contribution < -0.4 is 5.32 Å². The maximum Gasteiger partial charge on any atom is 0.317 e. The number of fused-ring (bicyclic) bond motifs is 2. The van der Waals surface area contributed by atoms with Gasteiger partial charge >= 0.3 is 6.03 Å². The molecule has 0 aromatic heterocycles. The van der Waals surface area contributed by atoms with E-state index in [1.807, 2.05) is 4.90 Å². The van der Waals surface area contributed by atoms with Gasteiger partial charge in [0.05, 0.1) is 6.04 Å². The van der Waals surface area contributed by atoms with Crippen LogP contribution in [-0.2, 0) is 0 Å². The highest BCUT2D eigenvalue weighted by Gasteiger charge is 2.56. The maximum atomic E-state index is 12.7. The van der Waals surface area contributed by atoms with Gasteiger partial charge in [-0.2, -0.15) is 0 Å². The molecule has 4 nitrogen and oxygen atoms in total. The number of carbonyl (C=O) groups excluding carboxylic acids is 1. The largest absolute Gasteiger partial charge is 0.331 e. The van der Waals surface area contributed by atoms with Crippen molar-refractivity contribution in [3.05, 3.63) is 48.0 Å². The Morgan fingerprint density at radius 1 is 1.16 bits per heavy atom. The van der Waals surface area contributed by atoms with Gasteiger partial charge in [0.15, 0.2) is 0 Å². The summed E-state index contributed by atoms with van der Waals surface area (Å²) >= 11 is 0. The minimum absolute atomic E-state index is 0.00750. The van der Waals surface area contributed by atoms with E-state index in [1.165, 1.54) is 16.3 Å². The number of piperidine rings is 1. The zero-order chi connectivity index (χ0) is 17.6. The van der Waals surface area contributed by atoms with Crippen LogP contribution >= 0.6 is 0 Å². The molecular weight excluding hydrogens is 310 g/mol. The predicted octanol–water partition coefficient (Wildman–Crippen LogP) is 3.35. The second-order valence-corrected chi connectivity index (χ2v) is 7.90.